The maximum Gasteiger partial charge on any atom is 0.416 e. The third-order valence-corrected chi connectivity index (χ3v) is 8.74. The zero-order chi connectivity index (χ0) is 29.1. The van der Waals surface area contributed by atoms with Crippen LogP contribution in [0.4, 0.5) is 18.9 Å². The first-order valence-electron chi connectivity index (χ1n) is 12.6. The molecule has 2 N–H and O–H groups in total. The standard InChI is InChI=1S/C29H28F3N3O4S/c1-2-40(37,38)24-10-3-19(4-11-24)25(13-15-33)27-17-21(7-12-26(27)28(34)36)35-16-14-23(18-35)39-22-8-5-20(6-9-22)29(30,31)32/h3-12,17,23,25H,2,13-14,16,18H2,1H3,(H2,34,36)/t23?,25-/m0/s1. The van der Waals surface area contributed by atoms with E-state index in [0.717, 1.165) is 17.8 Å². The highest BCUT2D eigenvalue weighted by atomic mass is 32.2. The highest BCUT2D eigenvalue weighted by molar-refractivity contribution is 7.91. The molecule has 0 aromatic heterocycles. The second-order valence-electron chi connectivity index (χ2n) is 9.52. The van der Waals surface area contributed by atoms with Crippen LogP contribution >= 0.6 is 0 Å². The summed E-state index contributed by atoms with van der Waals surface area (Å²) < 4.78 is 68.9. The molecule has 0 aliphatic carbocycles. The van der Waals surface area contributed by atoms with Crippen molar-refractivity contribution in [1.82, 2.24) is 0 Å². The van der Waals surface area contributed by atoms with Crippen molar-refractivity contribution in [3.05, 3.63) is 89.0 Å². The van der Waals surface area contributed by atoms with Crippen LogP contribution in [0.3, 0.4) is 0 Å². The van der Waals surface area contributed by atoms with Gasteiger partial charge in [0.15, 0.2) is 9.84 Å². The summed E-state index contributed by atoms with van der Waals surface area (Å²) in [5.74, 6) is -0.888. The first-order valence-corrected chi connectivity index (χ1v) is 14.3. The molecule has 1 aliphatic heterocycles. The quantitative estimate of drug-likeness (QED) is 0.373. The number of hydrogen-bond acceptors (Lipinski definition) is 6. The zero-order valence-electron chi connectivity index (χ0n) is 21.7. The molecule has 2 atom stereocenters. The first kappa shape index (κ1) is 29.0. The number of anilines is 1. The minimum absolute atomic E-state index is 0.0310. The van der Waals surface area contributed by atoms with Gasteiger partial charge in [0.1, 0.15) is 11.9 Å². The van der Waals surface area contributed by atoms with Gasteiger partial charge in [0, 0.05) is 36.6 Å². The van der Waals surface area contributed by atoms with Gasteiger partial charge in [-0.05, 0) is 65.7 Å². The molecule has 1 fully saturated rings. The molecule has 1 saturated heterocycles. The summed E-state index contributed by atoms with van der Waals surface area (Å²) in [6, 6.07) is 18.2. The predicted molar refractivity (Wildman–Crippen MR) is 144 cm³/mol. The number of carbonyl (C=O) groups is 1. The monoisotopic (exact) mass is 571 g/mol. The van der Waals surface area contributed by atoms with Crippen molar-refractivity contribution < 1.29 is 31.1 Å². The fourth-order valence-electron chi connectivity index (χ4n) is 4.81. The zero-order valence-corrected chi connectivity index (χ0v) is 22.5. The molecule has 0 spiro atoms. The van der Waals surface area contributed by atoms with Gasteiger partial charge < -0.3 is 15.4 Å². The summed E-state index contributed by atoms with van der Waals surface area (Å²) in [6.07, 6.45) is -4.03. The van der Waals surface area contributed by atoms with Gasteiger partial charge in [-0.2, -0.15) is 18.4 Å². The number of nitriles is 1. The van der Waals surface area contributed by atoms with Gasteiger partial charge in [-0.25, -0.2) is 8.42 Å². The normalized spacial score (nSPS) is 16.4. The van der Waals surface area contributed by atoms with Gasteiger partial charge in [0.2, 0.25) is 5.91 Å². The molecule has 210 valence electrons. The largest absolute Gasteiger partial charge is 0.489 e. The van der Waals surface area contributed by atoms with Crippen molar-refractivity contribution in [2.75, 3.05) is 23.7 Å². The van der Waals surface area contributed by atoms with E-state index in [0.29, 0.717) is 36.4 Å². The van der Waals surface area contributed by atoms with Gasteiger partial charge in [-0.1, -0.05) is 19.1 Å². The average Bonchev–Trinajstić information content (AvgIpc) is 3.39. The predicted octanol–water partition coefficient (Wildman–Crippen LogP) is 5.30. The minimum atomic E-state index is -4.42. The summed E-state index contributed by atoms with van der Waals surface area (Å²) in [6.45, 7) is 2.62. The summed E-state index contributed by atoms with van der Waals surface area (Å²) in [5.41, 5.74) is 7.16. The van der Waals surface area contributed by atoms with Crippen LogP contribution in [-0.2, 0) is 16.0 Å². The van der Waals surface area contributed by atoms with Gasteiger partial charge in [0.05, 0.1) is 28.8 Å². The van der Waals surface area contributed by atoms with Crippen LogP contribution in [0.25, 0.3) is 0 Å². The number of primary amides is 1. The molecule has 0 radical (unpaired) electrons. The highest BCUT2D eigenvalue weighted by Crippen LogP contribution is 2.35. The number of sulfone groups is 1. The van der Waals surface area contributed by atoms with E-state index in [4.69, 9.17) is 10.5 Å². The number of benzene rings is 3. The average molecular weight is 572 g/mol. The first-order chi connectivity index (χ1) is 18.9. The topological polar surface area (TPSA) is 113 Å². The number of nitrogens with two attached hydrogens (primary N) is 1. The Morgan fingerprint density at radius 2 is 1.80 bits per heavy atom. The Balaban J connectivity index is 1.58. The summed E-state index contributed by atoms with van der Waals surface area (Å²) in [7, 11) is -3.40. The van der Waals surface area contributed by atoms with Crippen LogP contribution in [0.1, 0.15) is 52.7 Å². The Bertz CT molecular complexity index is 1520. The van der Waals surface area contributed by atoms with Crippen molar-refractivity contribution in [3.63, 3.8) is 0 Å². The fourth-order valence-corrected chi connectivity index (χ4v) is 5.69. The second-order valence-corrected chi connectivity index (χ2v) is 11.8. The molecule has 1 unspecified atom stereocenters. The number of hydrogen-bond donors (Lipinski definition) is 1. The molecule has 0 bridgehead atoms. The second kappa shape index (κ2) is 11.6. The van der Waals surface area contributed by atoms with E-state index < -0.39 is 33.4 Å². The van der Waals surface area contributed by atoms with Crippen LogP contribution in [0, 0.1) is 11.3 Å². The lowest BCUT2D eigenvalue weighted by molar-refractivity contribution is -0.137. The molecule has 3 aromatic rings. The minimum Gasteiger partial charge on any atom is -0.489 e. The number of nitrogens with zero attached hydrogens (tertiary/aromatic N) is 2. The summed E-state index contributed by atoms with van der Waals surface area (Å²) in [5, 5.41) is 9.58. The Morgan fingerprint density at radius 1 is 1.12 bits per heavy atom. The van der Waals surface area contributed by atoms with E-state index in [2.05, 4.69) is 6.07 Å². The number of carbonyl (C=O) groups excluding carboxylic acids is 1. The molecule has 1 aliphatic rings. The molecule has 3 aromatic carbocycles. The van der Waals surface area contributed by atoms with E-state index in [1.165, 1.54) is 24.3 Å². The Hall–Kier alpha value is -4.04. The lowest BCUT2D eigenvalue weighted by Gasteiger charge is -2.24. The smallest absolute Gasteiger partial charge is 0.416 e. The van der Waals surface area contributed by atoms with Gasteiger partial charge >= 0.3 is 6.18 Å². The lowest BCUT2D eigenvalue weighted by Crippen LogP contribution is -2.25. The molecule has 4 rings (SSSR count). The van der Waals surface area contributed by atoms with Crippen LogP contribution < -0.4 is 15.4 Å². The molecule has 1 amide bonds. The van der Waals surface area contributed by atoms with Crippen molar-refractivity contribution in [3.8, 4) is 11.8 Å². The summed E-state index contributed by atoms with van der Waals surface area (Å²) in [4.78, 5) is 14.5. The van der Waals surface area contributed by atoms with Crippen LogP contribution in [0.5, 0.6) is 5.75 Å². The van der Waals surface area contributed by atoms with Crippen molar-refractivity contribution >= 4 is 21.4 Å². The third-order valence-electron chi connectivity index (χ3n) is 6.99. The van der Waals surface area contributed by atoms with Crippen molar-refractivity contribution in [1.29, 1.82) is 5.26 Å². The molecule has 1 heterocycles. The number of alkyl halides is 3. The van der Waals surface area contributed by atoms with Crippen LogP contribution in [0.15, 0.2) is 71.6 Å². The maximum absolute atomic E-state index is 12.8. The number of amides is 1. The molecule has 40 heavy (non-hydrogen) atoms. The van der Waals surface area contributed by atoms with Crippen molar-refractivity contribution in [2.24, 2.45) is 5.73 Å². The van der Waals surface area contributed by atoms with E-state index >= 15 is 0 Å². The molecular weight excluding hydrogens is 543 g/mol. The Labute approximate surface area is 230 Å². The third kappa shape index (κ3) is 6.39. The fraction of sp³-hybridized carbons (Fsp3) is 0.310. The summed E-state index contributed by atoms with van der Waals surface area (Å²) >= 11 is 0. The highest BCUT2D eigenvalue weighted by Gasteiger charge is 2.31. The maximum atomic E-state index is 12.8. The SMILES string of the molecule is CCS(=O)(=O)c1ccc([C@H](CC#N)c2cc(N3CCC(Oc4ccc(C(F)(F)F)cc4)C3)ccc2C(N)=O)cc1. The van der Waals surface area contributed by atoms with E-state index in [1.807, 2.05) is 4.90 Å². The van der Waals surface area contributed by atoms with Gasteiger partial charge in [-0.15, -0.1) is 0 Å². The number of rotatable bonds is 9. The number of ether oxygens (including phenoxy) is 1. The Kier molecular flexibility index (Phi) is 8.40. The molecule has 0 saturated carbocycles. The van der Waals surface area contributed by atoms with E-state index in [-0.39, 0.29) is 28.7 Å². The lowest BCUT2D eigenvalue weighted by atomic mass is 9.85. The molecular formula is C29H28F3N3O4S. The Morgan fingerprint density at radius 3 is 2.38 bits per heavy atom. The van der Waals surface area contributed by atoms with Crippen molar-refractivity contribution in [2.45, 2.75) is 42.9 Å². The van der Waals surface area contributed by atoms with Crippen LogP contribution in [0.2, 0.25) is 0 Å². The molecule has 7 nitrogen and oxygen atoms in total. The van der Waals surface area contributed by atoms with Crippen LogP contribution in [-0.4, -0.2) is 39.3 Å². The van der Waals surface area contributed by atoms with E-state index in [9.17, 15) is 31.6 Å². The van der Waals surface area contributed by atoms with Gasteiger partial charge in [0.25, 0.3) is 0 Å². The van der Waals surface area contributed by atoms with E-state index in [1.54, 1.807) is 37.3 Å². The van der Waals surface area contributed by atoms with Gasteiger partial charge in [-0.3, -0.25) is 4.79 Å². The number of halogens is 3. The molecule has 11 heteroatoms.